The molecule has 2 amide bonds. The summed E-state index contributed by atoms with van der Waals surface area (Å²) in [5, 5.41) is 5.10. The fraction of sp³-hybridized carbons (Fsp3) is 0.455. The number of nitrogens with zero attached hydrogens (tertiary/aromatic N) is 1. The van der Waals surface area contributed by atoms with Crippen LogP contribution in [0.25, 0.3) is 0 Å². The van der Waals surface area contributed by atoms with Crippen molar-refractivity contribution in [3.05, 3.63) is 58.3 Å². The summed E-state index contributed by atoms with van der Waals surface area (Å²) < 4.78 is 0. The highest BCUT2D eigenvalue weighted by Gasteiger charge is 2.35. The Morgan fingerprint density at radius 2 is 1.85 bits per heavy atom. The first-order chi connectivity index (χ1) is 13.2. The number of hydrogen-bond acceptors (Lipinski definition) is 3. The van der Waals surface area contributed by atoms with Crippen molar-refractivity contribution < 1.29 is 9.59 Å². The van der Waals surface area contributed by atoms with Crippen LogP contribution in [0.3, 0.4) is 0 Å². The van der Waals surface area contributed by atoms with Crippen LogP contribution in [-0.4, -0.2) is 29.8 Å². The number of carbonyl (C=O) groups excluding carboxylic acids is 2. The number of piperidine rings is 1. The molecule has 2 aromatic rings. The summed E-state index contributed by atoms with van der Waals surface area (Å²) in [6.45, 7) is 1.31. The maximum absolute atomic E-state index is 13.1. The summed E-state index contributed by atoms with van der Waals surface area (Å²) in [7, 11) is 0. The van der Waals surface area contributed by atoms with Crippen LogP contribution < -0.4 is 5.32 Å². The normalized spacial score (nSPS) is 22.4. The topological polar surface area (TPSA) is 49.4 Å². The van der Waals surface area contributed by atoms with Crippen molar-refractivity contribution in [1.82, 2.24) is 10.2 Å². The molecule has 0 bridgehead atoms. The lowest BCUT2D eigenvalue weighted by Crippen LogP contribution is -2.47. The van der Waals surface area contributed by atoms with Gasteiger partial charge in [-0.15, -0.1) is 11.3 Å². The van der Waals surface area contributed by atoms with Crippen molar-refractivity contribution >= 4 is 23.2 Å². The van der Waals surface area contributed by atoms with Gasteiger partial charge in [0.1, 0.15) is 0 Å². The minimum Gasteiger partial charge on any atom is -0.356 e. The lowest BCUT2D eigenvalue weighted by molar-refractivity contribution is -0.138. The van der Waals surface area contributed by atoms with Crippen molar-refractivity contribution in [3.63, 3.8) is 0 Å². The molecule has 2 fully saturated rings. The second kappa shape index (κ2) is 8.26. The molecule has 27 heavy (non-hydrogen) atoms. The van der Waals surface area contributed by atoms with Gasteiger partial charge >= 0.3 is 0 Å². The number of hydrogen-bond donors (Lipinski definition) is 1. The molecule has 142 valence electrons. The number of thiophene rings is 1. The van der Waals surface area contributed by atoms with Crippen molar-refractivity contribution in [3.8, 4) is 0 Å². The van der Waals surface area contributed by atoms with Crippen LogP contribution in [0.5, 0.6) is 0 Å². The fourth-order valence-corrected chi connectivity index (χ4v) is 4.55. The predicted molar refractivity (Wildman–Crippen MR) is 107 cm³/mol. The molecular formula is C22H26N2O2S. The first-order valence-electron chi connectivity index (χ1n) is 9.85. The molecule has 1 aliphatic heterocycles. The third-order valence-electron chi connectivity index (χ3n) is 5.62. The van der Waals surface area contributed by atoms with E-state index in [0.29, 0.717) is 18.9 Å². The Labute approximate surface area is 164 Å². The van der Waals surface area contributed by atoms with Crippen molar-refractivity contribution in [2.24, 2.45) is 11.8 Å². The second-order valence-corrected chi connectivity index (χ2v) is 8.72. The molecule has 0 radical (unpaired) electrons. The maximum atomic E-state index is 13.1. The van der Waals surface area contributed by atoms with E-state index < -0.39 is 0 Å². The second-order valence-electron chi connectivity index (χ2n) is 7.69. The average Bonchev–Trinajstić information content (AvgIpc) is 3.41. The van der Waals surface area contributed by atoms with Gasteiger partial charge in [-0.25, -0.2) is 0 Å². The van der Waals surface area contributed by atoms with Crippen molar-refractivity contribution in [2.45, 2.75) is 38.1 Å². The average molecular weight is 383 g/mol. The minimum absolute atomic E-state index is 0.0612. The number of nitrogens with one attached hydrogen (secondary N) is 1. The van der Waals surface area contributed by atoms with Crippen LogP contribution in [0.2, 0.25) is 0 Å². The third kappa shape index (κ3) is 4.59. The highest BCUT2D eigenvalue weighted by atomic mass is 32.1. The maximum Gasteiger partial charge on any atom is 0.228 e. The third-order valence-corrected chi connectivity index (χ3v) is 6.50. The Kier molecular flexibility index (Phi) is 5.58. The monoisotopic (exact) mass is 382 g/mol. The van der Waals surface area contributed by atoms with Gasteiger partial charge in [0.05, 0.1) is 18.4 Å². The SMILES string of the molecule is O=C(NCC1CC1)[C@@H]1CC[C@H](c2ccccc2)N(C(=O)Cc2cccs2)C1. The molecule has 1 N–H and O–H groups in total. The van der Waals surface area contributed by atoms with Gasteiger partial charge in [0.2, 0.25) is 11.8 Å². The highest BCUT2D eigenvalue weighted by molar-refractivity contribution is 7.10. The summed E-state index contributed by atoms with van der Waals surface area (Å²) in [6, 6.07) is 14.3. The Hall–Kier alpha value is -2.14. The molecule has 0 spiro atoms. The Morgan fingerprint density at radius 1 is 1.04 bits per heavy atom. The van der Waals surface area contributed by atoms with Crippen LogP contribution >= 0.6 is 11.3 Å². The lowest BCUT2D eigenvalue weighted by atomic mass is 9.88. The zero-order chi connectivity index (χ0) is 18.6. The predicted octanol–water partition coefficient (Wildman–Crippen LogP) is 3.80. The molecular weight excluding hydrogens is 356 g/mol. The summed E-state index contributed by atoms with van der Waals surface area (Å²) in [4.78, 5) is 28.7. The largest absolute Gasteiger partial charge is 0.356 e. The summed E-state index contributed by atoms with van der Waals surface area (Å²) in [6.07, 6.45) is 4.54. The van der Waals surface area contributed by atoms with E-state index in [4.69, 9.17) is 0 Å². The van der Waals surface area contributed by atoms with Gasteiger partial charge in [-0.2, -0.15) is 0 Å². The van der Waals surface area contributed by atoms with Crippen LogP contribution in [0.1, 0.15) is 42.2 Å². The Balaban J connectivity index is 1.48. The van der Waals surface area contributed by atoms with Crippen molar-refractivity contribution in [2.75, 3.05) is 13.1 Å². The van der Waals surface area contributed by atoms with Crippen LogP contribution in [-0.2, 0) is 16.0 Å². The molecule has 4 rings (SSSR count). The van der Waals surface area contributed by atoms with Crippen molar-refractivity contribution in [1.29, 1.82) is 0 Å². The molecule has 1 saturated carbocycles. The zero-order valence-electron chi connectivity index (χ0n) is 15.5. The summed E-state index contributed by atoms with van der Waals surface area (Å²) in [5.41, 5.74) is 1.16. The smallest absolute Gasteiger partial charge is 0.228 e. The van der Waals surface area contributed by atoms with Crippen LogP contribution in [0.15, 0.2) is 47.8 Å². The number of rotatable bonds is 6. The van der Waals surface area contributed by atoms with E-state index >= 15 is 0 Å². The zero-order valence-corrected chi connectivity index (χ0v) is 16.3. The fourth-order valence-electron chi connectivity index (χ4n) is 3.86. The summed E-state index contributed by atoms with van der Waals surface area (Å²) >= 11 is 1.61. The first-order valence-corrected chi connectivity index (χ1v) is 10.7. The van der Waals surface area contributed by atoms with Gasteiger partial charge < -0.3 is 10.2 Å². The van der Waals surface area contributed by atoms with Crippen LogP contribution in [0, 0.1) is 11.8 Å². The van der Waals surface area contributed by atoms with Gasteiger partial charge in [-0.1, -0.05) is 36.4 Å². The molecule has 5 heteroatoms. The minimum atomic E-state index is -0.101. The molecule has 0 unspecified atom stereocenters. The van der Waals surface area contributed by atoms with Gasteiger partial charge in [-0.3, -0.25) is 9.59 Å². The van der Waals surface area contributed by atoms with E-state index in [1.54, 1.807) is 11.3 Å². The quantitative estimate of drug-likeness (QED) is 0.826. The van der Waals surface area contributed by atoms with E-state index in [9.17, 15) is 9.59 Å². The molecule has 4 nitrogen and oxygen atoms in total. The number of amides is 2. The first kappa shape index (κ1) is 18.2. The van der Waals surface area contributed by atoms with E-state index in [1.165, 1.54) is 12.8 Å². The lowest BCUT2D eigenvalue weighted by Gasteiger charge is -2.39. The van der Waals surface area contributed by atoms with Gasteiger partial charge in [0.15, 0.2) is 0 Å². The standard InChI is InChI=1S/C22H26N2O2S/c25-21(13-19-7-4-12-27-19)24-15-18(22(26)23-14-16-8-9-16)10-11-20(24)17-5-2-1-3-6-17/h1-7,12,16,18,20H,8-11,13-15H2,(H,23,26)/t18-,20-/m1/s1. The Bertz CT molecular complexity index is 771. The molecule has 2 atom stereocenters. The Morgan fingerprint density at radius 3 is 2.56 bits per heavy atom. The van der Waals surface area contributed by atoms with E-state index in [-0.39, 0.29) is 23.8 Å². The van der Waals surface area contributed by atoms with E-state index in [2.05, 4.69) is 17.4 Å². The summed E-state index contributed by atoms with van der Waals surface area (Å²) in [5.74, 6) is 0.801. The molecule has 2 heterocycles. The molecule has 1 saturated heterocycles. The van der Waals surface area contributed by atoms with Gasteiger partial charge in [0.25, 0.3) is 0 Å². The molecule has 1 aromatic carbocycles. The van der Waals surface area contributed by atoms with Gasteiger partial charge in [-0.05, 0) is 48.6 Å². The van der Waals surface area contributed by atoms with E-state index in [1.807, 2.05) is 40.6 Å². The molecule has 2 aliphatic rings. The molecule has 1 aromatic heterocycles. The van der Waals surface area contributed by atoms with E-state index in [0.717, 1.165) is 29.8 Å². The number of benzene rings is 1. The number of likely N-dealkylation sites (tertiary alicyclic amines) is 1. The number of carbonyl (C=O) groups is 2. The van der Waals surface area contributed by atoms with Crippen LogP contribution in [0.4, 0.5) is 0 Å². The molecule has 1 aliphatic carbocycles. The van der Waals surface area contributed by atoms with Gasteiger partial charge in [0, 0.05) is 18.0 Å². The highest BCUT2D eigenvalue weighted by Crippen LogP contribution is 2.34.